The molecule has 0 radical (unpaired) electrons. The van der Waals surface area contributed by atoms with E-state index in [1.165, 1.54) is 11.3 Å². The van der Waals surface area contributed by atoms with E-state index >= 15 is 0 Å². The standard InChI is InChI=1S/C10H16N2/c1-9(2)7-11-8-10-5-4-6-12(10)3/h4-6,11H,1,7-8H2,2-3H3. The van der Waals surface area contributed by atoms with E-state index in [2.05, 4.69) is 41.8 Å². The molecular formula is C10H16N2. The summed E-state index contributed by atoms with van der Waals surface area (Å²) in [5.41, 5.74) is 2.47. The van der Waals surface area contributed by atoms with Gasteiger partial charge in [0, 0.05) is 32.0 Å². The van der Waals surface area contributed by atoms with Crippen LogP contribution in [-0.2, 0) is 13.6 Å². The lowest BCUT2D eigenvalue weighted by Crippen LogP contribution is -2.16. The summed E-state index contributed by atoms with van der Waals surface area (Å²) in [5.74, 6) is 0. The fraction of sp³-hybridized carbons (Fsp3) is 0.400. The van der Waals surface area contributed by atoms with Gasteiger partial charge in [-0.05, 0) is 19.1 Å². The Hall–Kier alpha value is -1.02. The molecule has 2 nitrogen and oxygen atoms in total. The smallest absolute Gasteiger partial charge is 0.0362 e. The second kappa shape index (κ2) is 4.12. The molecule has 0 spiro atoms. The van der Waals surface area contributed by atoms with Crippen molar-refractivity contribution in [1.82, 2.24) is 9.88 Å². The molecule has 0 saturated heterocycles. The molecule has 0 saturated carbocycles. The predicted molar refractivity (Wildman–Crippen MR) is 51.9 cm³/mol. The van der Waals surface area contributed by atoms with Crippen LogP contribution in [0.25, 0.3) is 0 Å². The first-order chi connectivity index (χ1) is 5.70. The molecule has 1 rings (SSSR count). The van der Waals surface area contributed by atoms with Crippen molar-refractivity contribution in [2.45, 2.75) is 13.5 Å². The van der Waals surface area contributed by atoms with Gasteiger partial charge in [0.2, 0.25) is 0 Å². The third-order valence-electron chi connectivity index (χ3n) is 1.78. The minimum absolute atomic E-state index is 0.894. The Morgan fingerprint density at radius 2 is 2.42 bits per heavy atom. The van der Waals surface area contributed by atoms with Gasteiger partial charge in [0.25, 0.3) is 0 Å². The summed E-state index contributed by atoms with van der Waals surface area (Å²) in [7, 11) is 2.05. The molecule has 0 aliphatic rings. The average molecular weight is 164 g/mol. The van der Waals surface area contributed by atoms with Crippen molar-refractivity contribution in [3.8, 4) is 0 Å². The van der Waals surface area contributed by atoms with Crippen LogP contribution in [-0.4, -0.2) is 11.1 Å². The molecule has 66 valence electrons. The molecule has 12 heavy (non-hydrogen) atoms. The number of hydrogen-bond donors (Lipinski definition) is 1. The highest BCUT2D eigenvalue weighted by Crippen LogP contribution is 1.98. The van der Waals surface area contributed by atoms with E-state index in [4.69, 9.17) is 0 Å². The van der Waals surface area contributed by atoms with Gasteiger partial charge < -0.3 is 9.88 Å². The second-order valence-corrected chi connectivity index (χ2v) is 3.17. The van der Waals surface area contributed by atoms with Gasteiger partial charge in [-0.2, -0.15) is 0 Å². The molecule has 0 aromatic carbocycles. The monoisotopic (exact) mass is 164 g/mol. The van der Waals surface area contributed by atoms with Crippen LogP contribution in [0.1, 0.15) is 12.6 Å². The van der Waals surface area contributed by atoms with Crippen LogP contribution in [0.15, 0.2) is 30.5 Å². The lowest BCUT2D eigenvalue weighted by Gasteiger charge is -2.04. The maximum absolute atomic E-state index is 3.83. The van der Waals surface area contributed by atoms with Gasteiger partial charge in [0.1, 0.15) is 0 Å². The number of hydrogen-bond acceptors (Lipinski definition) is 1. The first-order valence-electron chi connectivity index (χ1n) is 4.15. The average Bonchev–Trinajstić information content (AvgIpc) is 2.36. The normalized spacial score (nSPS) is 10.2. The summed E-state index contributed by atoms with van der Waals surface area (Å²) < 4.78 is 2.12. The van der Waals surface area contributed by atoms with Gasteiger partial charge >= 0.3 is 0 Å². The highest BCUT2D eigenvalue weighted by molar-refractivity contribution is 5.06. The second-order valence-electron chi connectivity index (χ2n) is 3.17. The highest BCUT2D eigenvalue weighted by Gasteiger charge is 1.94. The summed E-state index contributed by atoms with van der Waals surface area (Å²) in [4.78, 5) is 0. The van der Waals surface area contributed by atoms with Gasteiger partial charge in [-0.15, -0.1) is 0 Å². The Labute approximate surface area is 73.9 Å². The Morgan fingerprint density at radius 1 is 1.67 bits per heavy atom. The van der Waals surface area contributed by atoms with Gasteiger partial charge in [0.05, 0.1) is 0 Å². The summed E-state index contributed by atoms with van der Waals surface area (Å²) in [6.07, 6.45) is 2.05. The molecule has 1 aromatic rings. The zero-order valence-corrected chi connectivity index (χ0v) is 7.80. The SMILES string of the molecule is C=C(C)CNCc1cccn1C. The maximum atomic E-state index is 3.83. The van der Waals surface area contributed by atoms with Crippen LogP contribution in [0.4, 0.5) is 0 Å². The van der Waals surface area contributed by atoms with Crippen LogP contribution < -0.4 is 5.32 Å². The molecule has 0 atom stereocenters. The maximum Gasteiger partial charge on any atom is 0.0362 e. The van der Waals surface area contributed by atoms with E-state index < -0.39 is 0 Å². The van der Waals surface area contributed by atoms with E-state index in [-0.39, 0.29) is 0 Å². The Balaban J connectivity index is 2.33. The molecular weight excluding hydrogens is 148 g/mol. The molecule has 1 aromatic heterocycles. The highest BCUT2D eigenvalue weighted by atomic mass is 15.0. The summed E-state index contributed by atoms with van der Waals surface area (Å²) in [6.45, 7) is 7.66. The van der Waals surface area contributed by atoms with Crippen molar-refractivity contribution in [2.24, 2.45) is 7.05 Å². The quantitative estimate of drug-likeness (QED) is 0.670. The number of nitrogens with zero attached hydrogens (tertiary/aromatic N) is 1. The summed E-state index contributed by atoms with van der Waals surface area (Å²) in [5, 5.41) is 3.31. The van der Waals surface area contributed by atoms with Crippen molar-refractivity contribution in [2.75, 3.05) is 6.54 Å². The molecule has 0 amide bonds. The molecule has 2 heteroatoms. The summed E-state index contributed by atoms with van der Waals surface area (Å²) in [6, 6.07) is 4.17. The topological polar surface area (TPSA) is 17.0 Å². The van der Waals surface area contributed by atoms with Crippen LogP contribution in [0.2, 0.25) is 0 Å². The third-order valence-corrected chi connectivity index (χ3v) is 1.78. The van der Waals surface area contributed by atoms with Gasteiger partial charge in [0.15, 0.2) is 0 Å². The van der Waals surface area contributed by atoms with E-state index in [1.54, 1.807) is 0 Å². The van der Waals surface area contributed by atoms with Crippen molar-refractivity contribution in [3.63, 3.8) is 0 Å². The van der Waals surface area contributed by atoms with E-state index in [0.717, 1.165) is 13.1 Å². The van der Waals surface area contributed by atoms with E-state index in [9.17, 15) is 0 Å². The molecule has 0 unspecified atom stereocenters. The van der Waals surface area contributed by atoms with Crippen LogP contribution in [0.3, 0.4) is 0 Å². The number of aromatic nitrogens is 1. The largest absolute Gasteiger partial charge is 0.353 e. The number of nitrogens with one attached hydrogen (secondary N) is 1. The van der Waals surface area contributed by atoms with E-state index in [1.807, 2.05) is 6.92 Å². The number of rotatable bonds is 4. The fourth-order valence-corrected chi connectivity index (χ4v) is 1.08. The van der Waals surface area contributed by atoms with Gasteiger partial charge in [-0.1, -0.05) is 12.2 Å². The molecule has 0 bridgehead atoms. The zero-order valence-electron chi connectivity index (χ0n) is 7.80. The molecule has 1 heterocycles. The summed E-state index contributed by atoms with van der Waals surface area (Å²) >= 11 is 0. The minimum atomic E-state index is 0.894. The first kappa shape index (κ1) is 9.07. The van der Waals surface area contributed by atoms with Crippen LogP contribution in [0, 0.1) is 0 Å². The lowest BCUT2D eigenvalue weighted by atomic mass is 10.3. The van der Waals surface area contributed by atoms with Crippen molar-refractivity contribution in [1.29, 1.82) is 0 Å². The third kappa shape index (κ3) is 2.55. The van der Waals surface area contributed by atoms with Crippen LogP contribution >= 0.6 is 0 Å². The zero-order chi connectivity index (χ0) is 8.97. The lowest BCUT2D eigenvalue weighted by molar-refractivity contribution is 0.690. The van der Waals surface area contributed by atoms with Gasteiger partial charge in [-0.25, -0.2) is 0 Å². The predicted octanol–water partition coefficient (Wildman–Crippen LogP) is 1.69. The Bertz CT molecular complexity index is 261. The Morgan fingerprint density at radius 3 is 2.92 bits per heavy atom. The van der Waals surface area contributed by atoms with Crippen molar-refractivity contribution >= 4 is 0 Å². The van der Waals surface area contributed by atoms with Crippen molar-refractivity contribution < 1.29 is 0 Å². The number of aryl methyl sites for hydroxylation is 1. The fourth-order valence-electron chi connectivity index (χ4n) is 1.08. The molecule has 1 N–H and O–H groups in total. The van der Waals surface area contributed by atoms with Gasteiger partial charge in [-0.3, -0.25) is 0 Å². The van der Waals surface area contributed by atoms with Crippen molar-refractivity contribution in [3.05, 3.63) is 36.2 Å². The minimum Gasteiger partial charge on any atom is -0.353 e. The van der Waals surface area contributed by atoms with Crippen LogP contribution in [0.5, 0.6) is 0 Å². The first-order valence-corrected chi connectivity index (χ1v) is 4.15. The molecule has 0 aliphatic carbocycles. The van der Waals surface area contributed by atoms with E-state index in [0.29, 0.717) is 0 Å². The molecule has 0 fully saturated rings. The Kier molecular flexibility index (Phi) is 3.11. The molecule has 0 aliphatic heterocycles.